The molecule has 0 fully saturated rings. The van der Waals surface area contributed by atoms with Crippen molar-refractivity contribution in [3.63, 3.8) is 0 Å². The summed E-state index contributed by atoms with van der Waals surface area (Å²) in [7, 11) is 1.48. The van der Waals surface area contributed by atoms with E-state index >= 15 is 0 Å². The predicted molar refractivity (Wildman–Crippen MR) is 108 cm³/mol. The Balaban J connectivity index is 1.71. The Bertz CT molecular complexity index is 891. The Hall–Kier alpha value is -3.22. The summed E-state index contributed by atoms with van der Waals surface area (Å²) in [5.41, 5.74) is 1.93. The minimum absolute atomic E-state index is 0.216. The number of amides is 1. The lowest BCUT2D eigenvalue weighted by Gasteiger charge is -2.21. The van der Waals surface area contributed by atoms with E-state index < -0.39 is 18.0 Å². The molecule has 1 amide bonds. The van der Waals surface area contributed by atoms with E-state index in [1.54, 1.807) is 0 Å². The molecule has 0 saturated heterocycles. The highest BCUT2D eigenvalue weighted by Crippen LogP contribution is 2.40. The molecule has 1 aliphatic rings. The first-order valence-electron chi connectivity index (χ1n) is 9.49. The third-order valence-corrected chi connectivity index (χ3v) is 4.56. The molecule has 2 aromatic carbocycles. The van der Waals surface area contributed by atoms with Crippen molar-refractivity contribution in [2.45, 2.75) is 32.8 Å². The van der Waals surface area contributed by atoms with Gasteiger partial charge in [0, 0.05) is 5.69 Å². The van der Waals surface area contributed by atoms with Crippen LogP contribution in [0.1, 0.15) is 42.6 Å². The number of benzene rings is 2. The van der Waals surface area contributed by atoms with Crippen LogP contribution in [0, 0.1) is 0 Å². The fourth-order valence-electron chi connectivity index (χ4n) is 3.02. The molecule has 0 saturated carbocycles. The molecule has 0 unspecified atom stereocenters. The van der Waals surface area contributed by atoms with Crippen molar-refractivity contribution < 1.29 is 28.5 Å². The summed E-state index contributed by atoms with van der Waals surface area (Å²) >= 11 is 0. The number of fused-ring (bicyclic) bond motifs is 1. The summed E-state index contributed by atoms with van der Waals surface area (Å²) in [6.07, 6.45) is -0.984. The van der Waals surface area contributed by atoms with Gasteiger partial charge in [-0.2, -0.15) is 0 Å². The van der Waals surface area contributed by atoms with E-state index in [1.807, 2.05) is 38.1 Å². The number of para-hydroxylation sites is 1. The van der Waals surface area contributed by atoms with Gasteiger partial charge >= 0.3 is 5.97 Å². The molecule has 2 aromatic rings. The van der Waals surface area contributed by atoms with E-state index in [1.165, 1.54) is 26.2 Å². The van der Waals surface area contributed by atoms with Gasteiger partial charge in [0.2, 0.25) is 5.75 Å². The smallest absolute Gasteiger partial charge is 0.339 e. The number of esters is 1. The molecule has 0 bridgehead atoms. The van der Waals surface area contributed by atoms with E-state index in [2.05, 4.69) is 5.32 Å². The number of methoxy groups -OCH3 is 1. The molecule has 1 heterocycles. The van der Waals surface area contributed by atoms with Crippen LogP contribution in [0.4, 0.5) is 5.69 Å². The van der Waals surface area contributed by atoms with Gasteiger partial charge in [-0.1, -0.05) is 32.0 Å². The number of ether oxygens (including phenoxy) is 4. The molecule has 3 rings (SSSR count). The number of hydrogen-bond donors (Lipinski definition) is 1. The van der Waals surface area contributed by atoms with E-state index in [9.17, 15) is 9.59 Å². The lowest BCUT2D eigenvalue weighted by Crippen LogP contribution is -2.30. The van der Waals surface area contributed by atoms with Crippen molar-refractivity contribution in [3.05, 3.63) is 47.5 Å². The Morgan fingerprint density at radius 1 is 1.07 bits per heavy atom. The van der Waals surface area contributed by atoms with Gasteiger partial charge in [-0.05, 0) is 36.6 Å². The monoisotopic (exact) mass is 399 g/mol. The fraction of sp³-hybridized carbons (Fsp3) is 0.364. The summed E-state index contributed by atoms with van der Waals surface area (Å²) in [5.74, 6) is 0.416. The SMILES string of the molecule is COc1cc(C(=O)O[C@@H](C)C(=O)Nc2ccccc2C(C)C)cc2c1OCCO2. The van der Waals surface area contributed by atoms with E-state index in [0.717, 1.165) is 5.56 Å². The predicted octanol–water partition coefficient (Wildman–Crippen LogP) is 3.77. The number of carbonyl (C=O) groups is 2. The molecule has 29 heavy (non-hydrogen) atoms. The summed E-state index contributed by atoms with van der Waals surface area (Å²) < 4.78 is 21.7. The summed E-state index contributed by atoms with van der Waals surface area (Å²) in [4.78, 5) is 25.1. The second-order valence-corrected chi connectivity index (χ2v) is 6.98. The van der Waals surface area contributed by atoms with Crippen LogP contribution in [-0.2, 0) is 9.53 Å². The maximum Gasteiger partial charge on any atom is 0.339 e. The Labute approximate surface area is 169 Å². The van der Waals surface area contributed by atoms with Gasteiger partial charge in [0.25, 0.3) is 5.91 Å². The highest BCUT2D eigenvalue weighted by molar-refractivity contribution is 5.98. The Morgan fingerprint density at radius 3 is 2.52 bits per heavy atom. The first kappa shape index (κ1) is 20.5. The molecule has 7 nitrogen and oxygen atoms in total. The van der Waals surface area contributed by atoms with Gasteiger partial charge < -0.3 is 24.3 Å². The molecule has 1 aliphatic heterocycles. The minimum atomic E-state index is -0.984. The van der Waals surface area contributed by atoms with Crippen molar-refractivity contribution in [2.75, 3.05) is 25.6 Å². The van der Waals surface area contributed by atoms with Crippen LogP contribution in [0.5, 0.6) is 17.2 Å². The summed E-state index contributed by atoms with van der Waals surface area (Å²) in [6.45, 7) is 6.40. The maximum absolute atomic E-state index is 12.6. The lowest BCUT2D eigenvalue weighted by molar-refractivity contribution is -0.123. The van der Waals surface area contributed by atoms with Crippen molar-refractivity contribution >= 4 is 17.6 Å². The van der Waals surface area contributed by atoms with Crippen LogP contribution in [0.3, 0.4) is 0 Å². The number of carbonyl (C=O) groups excluding carboxylic acids is 2. The first-order chi connectivity index (χ1) is 13.9. The molecular weight excluding hydrogens is 374 g/mol. The summed E-state index contributed by atoms with van der Waals surface area (Å²) in [6, 6.07) is 10.6. The zero-order chi connectivity index (χ0) is 21.0. The topological polar surface area (TPSA) is 83.1 Å². The summed E-state index contributed by atoms with van der Waals surface area (Å²) in [5, 5.41) is 2.84. The highest BCUT2D eigenvalue weighted by atomic mass is 16.6. The number of anilines is 1. The molecule has 154 valence electrons. The highest BCUT2D eigenvalue weighted by Gasteiger charge is 2.24. The van der Waals surface area contributed by atoms with Gasteiger partial charge in [0.1, 0.15) is 13.2 Å². The van der Waals surface area contributed by atoms with Crippen LogP contribution >= 0.6 is 0 Å². The average molecular weight is 399 g/mol. The molecule has 7 heteroatoms. The molecule has 1 N–H and O–H groups in total. The third kappa shape index (κ3) is 4.62. The van der Waals surface area contributed by atoms with E-state index in [4.69, 9.17) is 18.9 Å². The largest absolute Gasteiger partial charge is 0.493 e. The molecule has 0 aromatic heterocycles. The molecule has 1 atom stereocenters. The second kappa shape index (κ2) is 8.86. The third-order valence-electron chi connectivity index (χ3n) is 4.56. The lowest BCUT2D eigenvalue weighted by atomic mass is 10.0. The normalized spacial score (nSPS) is 13.6. The first-order valence-corrected chi connectivity index (χ1v) is 9.49. The Kier molecular flexibility index (Phi) is 6.26. The van der Waals surface area contributed by atoms with Gasteiger partial charge in [-0.3, -0.25) is 4.79 Å². The average Bonchev–Trinajstić information content (AvgIpc) is 2.72. The van der Waals surface area contributed by atoms with Gasteiger partial charge in [-0.25, -0.2) is 4.79 Å². The van der Waals surface area contributed by atoms with Gasteiger partial charge in [0.15, 0.2) is 17.6 Å². The van der Waals surface area contributed by atoms with Crippen molar-refractivity contribution in [1.82, 2.24) is 0 Å². The molecule has 0 radical (unpaired) electrons. The quantitative estimate of drug-likeness (QED) is 0.745. The number of hydrogen-bond acceptors (Lipinski definition) is 6. The fourth-order valence-corrected chi connectivity index (χ4v) is 3.02. The van der Waals surface area contributed by atoms with Crippen molar-refractivity contribution in [2.24, 2.45) is 0 Å². The minimum Gasteiger partial charge on any atom is -0.493 e. The second-order valence-electron chi connectivity index (χ2n) is 6.98. The molecular formula is C22H25NO6. The molecule has 0 aliphatic carbocycles. The van der Waals surface area contributed by atoms with Crippen LogP contribution in [0.15, 0.2) is 36.4 Å². The zero-order valence-electron chi connectivity index (χ0n) is 17.0. The van der Waals surface area contributed by atoms with Gasteiger partial charge in [-0.15, -0.1) is 0 Å². The van der Waals surface area contributed by atoms with E-state index in [-0.39, 0.29) is 11.5 Å². The van der Waals surface area contributed by atoms with Crippen LogP contribution in [-0.4, -0.2) is 38.3 Å². The van der Waals surface area contributed by atoms with Crippen LogP contribution in [0.25, 0.3) is 0 Å². The molecule has 0 spiro atoms. The van der Waals surface area contributed by atoms with E-state index in [0.29, 0.717) is 36.1 Å². The van der Waals surface area contributed by atoms with Crippen LogP contribution in [0.2, 0.25) is 0 Å². The van der Waals surface area contributed by atoms with Crippen LogP contribution < -0.4 is 19.5 Å². The standard InChI is InChI=1S/C22H25NO6/c1-13(2)16-7-5-6-8-17(16)23-21(24)14(3)29-22(25)15-11-18(26-4)20-19(12-15)27-9-10-28-20/h5-8,11-14H,9-10H2,1-4H3,(H,23,24)/t14-/m0/s1. The van der Waals surface area contributed by atoms with Crippen molar-refractivity contribution in [1.29, 1.82) is 0 Å². The Morgan fingerprint density at radius 2 is 1.79 bits per heavy atom. The number of rotatable bonds is 6. The number of nitrogens with one attached hydrogen (secondary N) is 1. The zero-order valence-corrected chi connectivity index (χ0v) is 17.0. The maximum atomic E-state index is 12.6. The van der Waals surface area contributed by atoms with Gasteiger partial charge in [0.05, 0.1) is 12.7 Å². The van der Waals surface area contributed by atoms with Crippen molar-refractivity contribution in [3.8, 4) is 17.2 Å².